The average molecular weight is 312 g/mol. The summed E-state index contributed by atoms with van der Waals surface area (Å²) in [6, 6.07) is 9.82. The van der Waals surface area contributed by atoms with E-state index in [1.807, 2.05) is 30.3 Å². The number of hydrogen-bond acceptors (Lipinski definition) is 4. The molecule has 2 aromatic rings. The third-order valence-corrected chi connectivity index (χ3v) is 5.18. The number of nitrogens with zero attached hydrogens (tertiary/aromatic N) is 3. The minimum Gasteiger partial charge on any atom is -0.381 e. The number of nitrogens with one attached hydrogen (secondary N) is 1. The molecule has 1 unspecified atom stereocenters. The van der Waals surface area contributed by atoms with E-state index in [1.54, 1.807) is 0 Å². The molecule has 1 aliphatic heterocycles. The molecule has 23 heavy (non-hydrogen) atoms. The third kappa shape index (κ3) is 2.63. The highest BCUT2D eigenvalue weighted by atomic mass is 16.5. The first-order chi connectivity index (χ1) is 11.3. The molecule has 2 fully saturated rings. The number of carbonyl (C=O) groups excluding carboxylic acids is 1. The third-order valence-electron chi connectivity index (χ3n) is 5.18. The standard InChI is InChI=1S/C17H20N4O2/c22-16(19-15-6-7-17(15)8-10-23-11-9-17)14-12-18-21(20-14)13-4-2-1-3-5-13/h1-5,12,15H,6-11H2,(H,19,22). The molecule has 1 saturated heterocycles. The number of ether oxygens (including phenoxy) is 1. The summed E-state index contributed by atoms with van der Waals surface area (Å²) in [6.45, 7) is 1.60. The highest BCUT2D eigenvalue weighted by molar-refractivity contribution is 5.92. The molecule has 1 spiro atoms. The molecule has 6 nitrogen and oxygen atoms in total. The van der Waals surface area contributed by atoms with Gasteiger partial charge >= 0.3 is 0 Å². The zero-order chi connectivity index (χ0) is 15.7. The van der Waals surface area contributed by atoms with Crippen LogP contribution in [0.5, 0.6) is 0 Å². The van der Waals surface area contributed by atoms with Crippen LogP contribution >= 0.6 is 0 Å². The average Bonchev–Trinajstić information content (AvgIpc) is 3.10. The largest absolute Gasteiger partial charge is 0.381 e. The Bertz CT molecular complexity index is 692. The fraction of sp³-hybridized carbons (Fsp3) is 0.471. The van der Waals surface area contributed by atoms with Gasteiger partial charge in [0.05, 0.1) is 11.9 Å². The molecular weight excluding hydrogens is 292 g/mol. The topological polar surface area (TPSA) is 69.0 Å². The summed E-state index contributed by atoms with van der Waals surface area (Å²) in [5.41, 5.74) is 1.45. The van der Waals surface area contributed by atoms with Gasteiger partial charge in [0.25, 0.3) is 5.91 Å². The van der Waals surface area contributed by atoms with E-state index >= 15 is 0 Å². The van der Waals surface area contributed by atoms with Crippen LogP contribution in [0.1, 0.15) is 36.2 Å². The van der Waals surface area contributed by atoms with E-state index in [9.17, 15) is 4.79 Å². The molecule has 1 N–H and O–H groups in total. The Balaban J connectivity index is 1.45. The van der Waals surface area contributed by atoms with Crippen molar-refractivity contribution in [1.29, 1.82) is 0 Å². The zero-order valence-electron chi connectivity index (χ0n) is 12.9. The fourth-order valence-corrected chi connectivity index (χ4v) is 3.58. The van der Waals surface area contributed by atoms with Gasteiger partial charge in [0.2, 0.25) is 0 Å². The second-order valence-corrected chi connectivity index (χ2v) is 6.39. The van der Waals surface area contributed by atoms with Gasteiger partial charge in [0, 0.05) is 19.3 Å². The van der Waals surface area contributed by atoms with Crippen molar-refractivity contribution in [1.82, 2.24) is 20.3 Å². The van der Waals surface area contributed by atoms with E-state index in [4.69, 9.17) is 4.74 Å². The Morgan fingerprint density at radius 3 is 2.70 bits per heavy atom. The first kappa shape index (κ1) is 14.4. The van der Waals surface area contributed by atoms with Crippen LogP contribution in [0.15, 0.2) is 36.5 Å². The summed E-state index contributed by atoms with van der Waals surface area (Å²) < 4.78 is 5.45. The molecule has 120 valence electrons. The lowest BCUT2D eigenvalue weighted by Gasteiger charge is -2.51. The van der Waals surface area contributed by atoms with Crippen molar-refractivity contribution in [3.8, 4) is 5.69 Å². The smallest absolute Gasteiger partial charge is 0.273 e. The Kier molecular flexibility index (Phi) is 3.61. The second kappa shape index (κ2) is 5.77. The van der Waals surface area contributed by atoms with Crippen LogP contribution in [0.4, 0.5) is 0 Å². The first-order valence-electron chi connectivity index (χ1n) is 8.13. The molecule has 1 aromatic heterocycles. The van der Waals surface area contributed by atoms with E-state index in [1.165, 1.54) is 17.4 Å². The highest BCUT2D eigenvalue weighted by Gasteiger charge is 2.48. The Labute approximate surface area is 134 Å². The Hall–Kier alpha value is -2.21. The molecule has 1 aromatic carbocycles. The van der Waals surface area contributed by atoms with Crippen LogP contribution in [0, 0.1) is 5.41 Å². The summed E-state index contributed by atoms with van der Waals surface area (Å²) in [7, 11) is 0. The summed E-state index contributed by atoms with van der Waals surface area (Å²) in [4.78, 5) is 13.9. The molecule has 0 radical (unpaired) electrons. The van der Waals surface area contributed by atoms with Gasteiger partial charge in [0.1, 0.15) is 0 Å². The van der Waals surface area contributed by atoms with Crippen LogP contribution in [-0.4, -0.2) is 40.2 Å². The van der Waals surface area contributed by atoms with E-state index in [0.717, 1.165) is 38.2 Å². The predicted octanol–water partition coefficient (Wildman–Crippen LogP) is 1.96. The monoisotopic (exact) mass is 312 g/mol. The molecule has 1 aliphatic carbocycles. The van der Waals surface area contributed by atoms with Gasteiger partial charge in [-0.25, -0.2) is 0 Å². The number of carbonyl (C=O) groups is 1. The normalized spacial score (nSPS) is 22.5. The van der Waals surface area contributed by atoms with Gasteiger partial charge in [-0.1, -0.05) is 18.2 Å². The number of rotatable bonds is 3. The molecule has 2 aliphatic rings. The van der Waals surface area contributed by atoms with Crippen molar-refractivity contribution in [2.45, 2.75) is 31.7 Å². The first-order valence-corrected chi connectivity index (χ1v) is 8.13. The maximum atomic E-state index is 12.5. The maximum absolute atomic E-state index is 12.5. The number of amides is 1. The highest BCUT2D eigenvalue weighted by Crippen LogP contribution is 2.48. The van der Waals surface area contributed by atoms with Gasteiger partial charge in [-0.3, -0.25) is 4.79 Å². The summed E-state index contributed by atoms with van der Waals surface area (Å²) >= 11 is 0. The molecule has 1 amide bonds. The number of para-hydroxylation sites is 1. The fourth-order valence-electron chi connectivity index (χ4n) is 3.58. The van der Waals surface area contributed by atoms with Crippen molar-refractivity contribution in [2.75, 3.05) is 13.2 Å². The van der Waals surface area contributed by atoms with E-state index in [-0.39, 0.29) is 17.4 Å². The van der Waals surface area contributed by atoms with Gasteiger partial charge < -0.3 is 10.1 Å². The molecule has 6 heteroatoms. The van der Waals surface area contributed by atoms with E-state index in [2.05, 4.69) is 15.5 Å². The van der Waals surface area contributed by atoms with Crippen molar-refractivity contribution in [2.24, 2.45) is 5.41 Å². The quantitative estimate of drug-likeness (QED) is 0.940. The minimum atomic E-state index is -0.136. The minimum absolute atomic E-state index is 0.136. The van der Waals surface area contributed by atoms with Gasteiger partial charge in [-0.15, -0.1) is 5.10 Å². The van der Waals surface area contributed by atoms with E-state index in [0.29, 0.717) is 5.69 Å². The lowest BCUT2D eigenvalue weighted by atomic mass is 9.60. The van der Waals surface area contributed by atoms with Crippen molar-refractivity contribution in [3.63, 3.8) is 0 Å². The summed E-state index contributed by atoms with van der Waals surface area (Å²) in [6.07, 6.45) is 5.82. The second-order valence-electron chi connectivity index (χ2n) is 6.39. The molecule has 1 atom stereocenters. The van der Waals surface area contributed by atoms with Gasteiger partial charge in [0.15, 0.2) is 5.69 Å². The van der Waals surface area contributed by atoms with Crippen LogP contribution in [0.2, 0.25) is 0 Å². The van der Waals surface area contributed by atoms with E-state index < -0.39 is 0 Å². The number of aromatic nitrogens is 3. The lowest BCUT2D eigenvalue weighted by Crippen LogP contribution is -2.57. The Morgan fingerprint density at radius 1 is 1.22 bits per heavy atom. The maximum Gasteiger partial charge on any atom is 0.273 e. The molecule has 0 bridgehead atoms. The van der Waals surface area contributed by atoms with Crippen molar-refractivity contribution < 1.29 is 9.53 Å². The van der Waals surface area contributed by atoms with Crippen molar-refractivity contribution >= 4 is 5.91 Å². The van der Waals surface area contributed by atoms with Crippen LogP contribution in [-0.2, 0) is 4.74 Å². The number of benzene rings is 1. The molecular formula is C17H20N4O2. The molecule has 1 saturated carbocycles. The number of hydrogen-bond donors (Lipinski definition) is 1. The van der Waals surface area contributed by atoms with Gasteiger partial charge in [-0.2, -0.15) is 9.90 Å². The lowest BCUT2D eigenvalue weighted by molar-refractivity contribution is -0.0523. The van der Waals surface area contributed by atoms with Gasteiger partial charge in [-0.05, 0) is 43.2 Å². The van der Waals surface area contributed by atoms with Crippen LogP contribution in [0.3, 0.4) is 0 Å². The zero-order valence-corrected chi connectivity index (χ0v) is 12.9. The van der Waals surface area contributed by atoms with Crippen molar-refractivity contribution in [3.05, 3.63) is 42.2 Å². The summed E-state index contributed by atoms with van der Waals surface area (Å²) in [5, 5.41) is 11.6. The predicted molar refractivity (Wildman–Crippen MR) is 84.3 cm³/mol. The SMILES string of the molecule is O=C(NC1CCC12CCOCC2)c1cnn(-c2ccccc2)n1. The van der Waals surface area contributed by atoms with Crippen LogP contribution in [0.25, 0.3) is 5.69 Å². The molecule has 2 heterocycles. The Morgan fingerprint density at radius 2 is 2.00 bits per heavy atom. The summed E-state index contributed by atoms with van der Waals surface area (Å²) in [5.74, 6) is -0.136. The molecule has 4 rings (SSSR count). The van der Waals surface area contributed by atoms with Crippen LogP contribution < -0.4 is 5.32 Å².